The second-order valence-electron chi connectivity index (χ2n) is 8.75. The summed E-state index contributed by atoms with van der Waals surface area (Å²) >= 11 is 0. The predicted octanol–water partition coefficient (Wildman–Crippen LogP) is 6.34. The first-order chi connectivity index (χ1) is 10.7. The number of nitrogens with zero attached hydrogens (tertiary/aromatic N) is 1. The Labute approximate surface area is 137 Å². The van der Waals surface area contributed by atoms with Crippen molar-refractivity contribution in [2.24, 2.45) is 35.0 Å². The molecule has 3 aliphatic rings. The van der Waals surface area contributed by atoms with Gasteiger partial charge < -0.3 is 0 Å². The molecular weight excluding hydrogens is 266 g/mol. The Bertz CT molecular complexity index is 409. The summed E-state index contributed by atoms with van der Waals surface area (Å²) in [6.45, 7) is 4.64. The average molecular weight is 302 g/mol. The fourth-order valence-corrected chi connectivity index (χ4v) is 6.29. The Morgan fingerprint density at radius 2 is 1.77 bits per heavy atom. The van der Waals surface area contributed by atoms with Crippen LogP contribution in [0.1, 0.15) is 90.9 Å². The lowest BCUT2D eigenvalue weighted by Gasteiger charge is -2.52. The minimum absolute atomic E-state index is 0.0463. The summed E-state index contributed by atoms with van der Waals surface area (Å²) in [5, 5.41) is 9.81. The summed E-state index contributed by atoms with van der Waals surface area (Å²) in [4.78, 5) is 0. The van der Waals surface area contributed by atoms with E-state index in [1.165, 1.54) is 70.6 Å². The number of unbranched alkanes of at least 4 members (excludes halogenated alkanes) is 1. The average Bonchev–Trinajstić information content (AvgIpc) is 2.59. The zero-order valence-electron chi connectivity index (χ0n) is 14.8. The number of rotatable bonds is 4. The SMILES string of the molecule is CCCC[C@@]1(C#N)CCC2C(CCC3C[C@@H](CC)CCC32)C1. The number of fused-ring (bicyclic) bond motifs is 3. The summed E-state index contributed by atoms with van der Waals surface area (Å²) in [6, 6.07) is 2.77. The number of nitriles is 1. The maximum absolute atomic E-state index is 9.81. The monoisotopic (exact) mass is 301 g/mol. The Hall–Kier alpha value is -0.510. The minimum Gasteiger partial charge on any atom is -0.198 e. The second kappa shape index (κ2) is 6.94. The van der Waals surface area contributed by atoms with Gasteiger partial charge in [-0.05, 0) is 81.0 Å². The second-order valence-corrected chi connectivity index (χ2v) is 8.75. The van der Waals surface area contributed by atoms with Gasteiger partial charge in [0.05, 0.1) is 11.5 Å². The van der Waals surface area contributed by atoms with Crippen LogP contribution in [-0.4, -0.2) is 0 Å². The summed E-state index contributed by atoms with van der Waals surface area (Å²) < 4.78 is 0. The Kier molecular flexibility index (Phi) is 5.16. The smallest absolute Gasteiger partial charge is 0.0689 e. The molecule has 0 aromatic rings. The van der Waals surface area contributed by atoms with Crippen LogP contribution in [-0.2, 0) is 0 Å². The van der Waals surface area contributed by atoms with Crippen molar-refractivity contribution in [2.75, 3.05) is 0 Å². The van der Waals surface area contributed by atoms with Crippen LogP contribution in [0.2, 0.25) is 0 Å². The van der Waals surface area contributed by atoms with Crippen LogP contribution in [0.4, 0.5) is 0 Å². The molecule has 4 unspecified atom stereocenters. The zero-order valence-corrected chi connectivity index (χ0v) is 14.8. The molecule has 3 saturated carbocycles. The van der Waals surface area contributed by atoms with Crippen molar-refractivity contribution in [1.29, 1.82) is 5.26 Å². The van der Waals surface area contributed by atoms with Crippen molar-refractivity contribution in [3.8, 4) is 6.07 Å². The molecule has 0 saturated heterocycles. The maximum atomic E-state index is 9.81. The van der Waals surface area contributed by atoms with E-state index in [9.17, 15) is 5.26 Å². The lowest BCUT2D eigenvalue weighted by atomic mass is 9.52. The summed E-state index contributed by atoms with van der Waals surface area (Å²) in [5.41, 5.74) is 0.0463. The van der Waals surface area contributed by atoms with Gasteiger partial charge in [0.25, 0.3) is 0 Å². The van der Waals surface area contributed by atoms with E-state index in [1.54, 1.807) is 0 Å². The van der Waals surface area contributed by atoms with Crippen molar-refractivity contribution >= 4 is 0 Å². The van der Waals surface area contributed by atoms with Crippen LogP contribution in [0.25, 0.3) is 0 Å². The van der Waals surface area contributed by atoms with Crippen LogP contribution in [0, 0.1) is 46.3 Å². The van der Waals surface area contributed by atoms with E-state index < -0.39 is 0 Å². The third-order valence-electron chi connectivity index (χ3n) is 7.65. The molecular formula is C21H35N. The van der Waals surface area contributed by atoms with Gasteiger partial charge in [-0.15, -0.1) is 0 Å². The normalized spacial score (nSPS) is 44.7. The van der Waals surface area contributed by atoms with Gasteiger partial charge in [-0.2, -0.15) is 5.26 Å². The zero-order chi connectivity index (χ0) is 15.6. The molecule has 124 valence electrons. The van der Waals surface area contributed by atoms with Gasteiger partial charge in [0, 0.05) is 0 Å². The van der Waals surface area contributed by atoms with E-state index in [0.717, 1.165) is 36.0 Å². The number of hydrogen-bond donors (Lipinski definition) is 0. The summed E-state index contributed by atoms with van der Waals surface area (Å²) in [6.07, 6.45) is 16.2. The molecule has 1 heteroatoms. The molecule has 0 spiro atoms. The van der Waals surface area contributed by atoms with Crippen molar-refractivity contribution in [1.82, 2.24) is 0 Å². The Morgan fingerprint density at radius 3 is 2.50 bits per heavy atom. The molecule has 0 heterocycles. The van der Waals surface area contributed by atoms with E-state index in [4.69, 9.17) is 0 Å². The predicted molar refractivity (Wildman–Crippen MR) is 92.2 cm³/mol. The highest BCUT2D eigenvalue weighted by Gasteiger charge is 2.48. The van der Waals surface area contributed by atoms with Crippen molar-refractivity contribution in [3.63, 3.8) is 0 Å². The van der Waals surface area contributed by atoms with Crippen molar-refractivity contribution in [2.45, 2.75) is 90.9 Å². The summed E-state index contributed by atoms with van der Waals surface area (Å²) in [7, 11) is 0. The first-order valence-corrected chi connectivity index (χ1v) is 10.1. The fourth-order valence-electron chi connectivity index (χ4n) is 6.29. The van der Waals surface area contributed by atoms with Gasteiger partial charge in [0.15, 0.2) is 0 Å². The van der Waals surface area contributed by atoms with E-state index in [1.807, 2.05) is 0 Å². The van der Waals surface area contributed by atoms with Gasteiger partial charge >= 0.3 is 0 Å². The molecule has 0 aromatic heterocycles. The van der Waals surface area contributed by atoms with Gasteiger partial charge in [0.1, 0.15) is 0 Å². The molecule has 6 atom stereocenters. The van der Waals surface area contributed by atoms with Gasteiger partial charge in [0.2, 0.25) is 0 Å². The molecule has 1 nitrogen and oxygen atoms in total. The molecule has 0 bridgehead atoms. The maximum Gasteiger partial charge on any atom is 0.0689 e. The number of hydrogen-bond acceptors (Lipinski definition) is 1. The highest BCUT2D eigenvalue weighted by molar-refractivity contribution is 5.06. The van der Waals surface area contributed by atoms with Crippen LogP contribution in [0.15, 0.2) is 0 Å². The molecule has 22 heavy (non-hydrogen) atoms. The van der Waals surface area contributed by atoms with E-state index >= 15 is 0 Å². The van der Waals surface area contributed by atoms with Crippen LogP contribution >= 0.6 is 0 Å². The van der Waals surface area contributed by atoms with Crippen molar-refractivity contribution < 1.29 is 0 Å². The van der Waals surface area contributed by atoms with Crippen molar-refractivity contribution in [3.05, 3.63) is 0 Å². The standard InChI is InChI=1S/C21H35N/c1-3-5-11-21(15-22)12-10-20-18(14-21)8-7-17-13-16(4-2)6-9-19(17)20/h16-20H,3-14H2,1-2H3/t16-,17?,18?,19?,20?,21+/m0/s1. The lowest BCUT2D eigenvalue weighted by Crippen LogP contribution is -2.44. The largest absolute Gasteiger partial charge is 0.198 e. The molecule has 0 amide bonds. The molecule has 0 radical (unpaired) electrons. The van der Waals surface area contributed by atoms with Gasteiger partial charge in [-0.3, -0.25) is 0 Å². The van der Waals surface area contributed by atoms with Crippen LogP contribution in [0.5, 0.6) is 0 Å². The molecule has 0 aliphatic heterocycles. The third-order valence-corrected chi connectivity index (χ3v) is 7.65. The molecule has 0 N–H and O–H groups in total. The molecule has 3 rings (SSSR count). The topological polar surface area (TPSA) is 23.8 Å². The Balaban J connectivity index is 1.65. The van der Waals surface area contributed by atoms with Crippen LogP contribution < -0.4 is 0 Å². The molecule has 0 aromatic carbocycles. The molecule has 3 aliphatic carbocycles. The van der Waals surface area contributed by atoms with Gasteiger partial charge in [-0.25, -0.2) is 0 Å². The fraction of sp³-hybridized carbons (Fsp3) is 0.952. The van der Waals surface area contributed by atoms with Crippen LogP contribution in [0.3, 0.4) is 0 Å². The highest BCUT2D eigenvalue weighted by atomic mass is 14.5. The van der Waals surface area contributed by atoms with E-state index in [2.05, 4.69) is 19.9 Å². The third kappa shape index (κ3) is 3.08. The highest BCUT2D eigenvalue weighted by Crippen LogP contribution is 2.56. The first kappa shape index (κ1) is 16.4. The van der Waals surface area contributed by atoms with Gasteiger partial charge in [-0.1, -0.05) is 39.5 Å². The minimum atomic E-state index is 0.0463. The summed E-state index contributed by atoms with van der Waals surface area (Å²) in [5.74, 6) is 4.92. The first-order valence-electron chi connectivity index (χ1n) is 10.1. The Morgan fingerprint density at radius 1 is 1.00 bits per heavy atom. The lowest BCUT2D eigenvalue weighted by molar-refractivity contribution is -0.0173. The quantitative estimate of drug-likeness (QED) is 0.594. The molecule has 3 fully saturated rings. The van der Waals surface area contributed by atoms with E-state index in [0.29, 0.717) is 0 Å². The van der Waals surface area contributed by atoms with E-state index in [-0.39, 0.29) is 5.41 Å².